The lowest BCUT2D eigenvalue weighted by Gasteiger charge is -2.05. The maximum Gasteiger partial charge on any atom is 0.255 e. The predicted octanol–water partition coefficient (Wildman–Crippen LogP) is 3.68. The van der Waals surface area contributed by atoms with Crippen LogP contribution in [-0.2, 0) is 0 Å². The Balaban J connectivity index is 2.14. The molecule has 0 spiro atoms. The molecule has 0 fully saturated rings. The molecule has 20 heavy (non-hydrogen) atoms. The van der Waals surface area contributed by atoms with Gasteiger partial charge in [0, 0.05) is 28.0 Å². The van der Waals surface area contributed by atoms with Gasteiger partial charge in [-0.2, -0.15) is 20.1 Å². The first-order valence-corrected chi connectivity index (χ1v) is 6.63. The SMILES string of the molecule is Clc1cc(Cl)cc(-c2nc(Cl)nc(-n3cccn3)n2)c1. The molecule has 0 amide bonds. The van der Waals surface area contributed by atoms with Crippen LogP contribution in [0, 0.1) is 0 Å². The zero-order chi connectivity index (χ0) is 14.1. The van der Waals surface area contributed by atoms with Gasteiger partial charge in [-0.25, -0.2) is 4.68 Å². The van der Waals surface area contributed by atoms with E-state index in [2.05, 4.69) is 20.1 Å². The fourth-order valence-corrected chi connectivity index (χ4v) is 2.32. The highest BCUT2D eigenvalue weighted by Gasteiger charge is 2.10. The molecular weight excluding hydrogens is 321 g/mol. The van der Waals surface area contributed by atoms with Crippen molar-refractivity contribution in [3.63, 3.8) is 0 Å². The normalized spacial score (nSPS) is 10.8. The molecule has 3 aromatic rings. The summed E-state index contributed by atoms with van der Waals surface area (Å²) in [5.41, 5.74) is 0.653. The molecular formula is C12H6Cl3N5. The third kappa shape index (κ3) is 2.75. The van der Waals surface area contributed by atoms with E-state index in [1.807, 2.05) is 0 Å². The maximum atomic E-state index is 5.97. The fourth-order valence-electron chi connectivity index (χ4n) is 1.64. The topological polar surface area (TPSA) is 56.5 Å². The van der Waals surface area contributed by atoms with Crippen molar-refractivity contribution in [1.82, 2.24) is 24.7 Å². The lowest BCUT2D eigenvalue weighted by atomic mass is 10.2. The molecule has 2 heterocycles. The van der Waals surface area contributed by atoms with Crippen LogP contribution in [0.25, 0.3) is 17.3 Å². The summed E-state index contributed by atoms with van der Waals surface area (Å²) in [6, 6.07) is 6.79. The molecule has 0 aliphatic heterocycles. The molecule has 5 nitrogen and oxygen atoms in total. The Labute approximate surface area is 129 Å². The maximum absolute atomic E-state index is 5.97. The molecule has 0 saturated heterocycles. The van der Waals surface area contributed by atoms with E-state index in [0.717, 1.165) is 0 Å². The predicted molar refractivity (Wildman–Crippen MR) is 77.4 cm³/mol. The zero-order valence-corrected chi connectivity index (χ0v) is 12.1. The van der Waals surface area contributed by atoms with Crippen LogP contribution in [-0.4, -0.2) is 24.7 Å². The molecule has 1 aromatic carbocycles. The summed E-state index contributed by atoms with van der Waals surface area (Å²) in [4.78, 5) is 12.4. The van der Waals surface area contributed by atoms with Crippen LogP contribution in [0.2, 0.25) is 15.3 Å². The Bertz CT molecular complexity index is 738. The third-order valence-corrected chi connectivity index (χ3v) is 3.03. The fraction of sp³-hybridized carbons (Fsp3) is 0. The first-order valence-electron chi connectivity index (χ1n) is 5.50. The number of hydrogen-bond donors (Lipinski definition) is 0. The minimum atomic E-state index is 0.0663. The van der Waals surface area contributed by atoms with Crippen molar-refractivity contribution >= 4 is 34.8 Å². The summed E-state index contributed by atoms with van der Waals surface area (Å²) in [6.45, 7) is 0. The lowest BCUT2D eigenvalue weighted by Crippen LogP contribution is -2.05. The Hall–Kier alpha value is -1.69. The van der Waals surface area contributed by atoms with E-state index in [-0.39, 0.29) is 5.28 Å². The van der Waals surface area contributed by atoms with E-state index in [1.165, 1.54) is 4.68 Å². The van der Waals surface area contributed by atoms with Crippen molar-refractivity contribution in [1.29, 1.82) is 0 Å². The van der Waals surface area contributed by atoms with Gasteiger partial charge in [0.05, 0.1) is 0 Å². The Morgan fingerprint density at radius 3 is 2.30 bits per heavy atom. The smallest absolute Gasteiger partial charge is 0.206 e. The second-order valence-electron chi connectivity index (χ2n) is 3.84. The van der Waals surface area contributed by atoms with Gasteiger partial charge in [-0.15, -0.1) is 0 Å². The standard InChI is InChI=1S/C12H6Cl3N5/c13-8-4-7(5-9(14)6-8)10-17-11(15)19-12(18-10)20-3-1-2-16-20/h1-6H. The summed E-state index contributed by atoms with van der Waals surface area (Å²) in [7, 11) is 0. The molecule has 0 atom stereocenters. The van der Waals surface area contributed by atoms with Crippen LogP contribution in [0.15, 0.2) is 36.7 Å². The number of benzene rings is 1. The highest BCUT2D eigenvalue weighted by atomic mass is 35.5. The average molecular weight is 327 g/mol. The summed E-state index contributed by atoms with van der Waals surface area (Å²) in [5.74, 6) is 0.695. The highest BCUT2D eigenvalue weighted by Crippen LogP contribution is 2.25. The van der Waals surface area contributed by atoms with Crippen molar-refractivity contribution in [2.75, 3.05) is 0 Å². The molecule has 0 bridgehead atoms. The van der Waals surface area contributed by atoms with Crippen molar-refractivity contribution in [2.45, 2.75) is 0 Å². The summed E-state index contributed by atoms with van der Waals surface area (Å²) in [5, 5.41) is 5.10. The molecule has 8 heteroatoms. The van der Waals surface area contributed by atoms with Crippen LogP contribution in [0.5, 0.6) is 0 Å². The minimum Gasteiger partial charge on any atom is -0.206 e. The first kappa shape index (κ1) is 13.3. The van der Waals surface area contributed by atoms with Gasteiger partial charge in [0.1, 0.15) is 0 Å². The second-order valence-corrected chi connectivity index (χ2v) is 5.05. The van der Waals surface area contributed by atoms with E-state index in [4.69, 9.17) is 34.8 Å². The lowest BCUT2D eigenvalue weighted by molar-refractivity contribution is 0.798. The van der Waals surface area contributed by atoms with Crippen molar-refractivity contribution in [3.8, 4) is 17.3 Å². The monoisotopic (exact) mass is 325 g/mol. The molecule has 3 rings (SSSR count). The van der Waals surface area contributed by atoms with Crippen LogP contribution in [0.4, 0.5) is 0 Å². The van der Waals surface area contributed by atoms with E-state index in [1.54, 1.807) is 36.7 Å². The van der Waals surface area contributed by atoms with Gasteiger partial charge in [-0.05, 0) is 35.9 Å². The molecule has 0 unspecified atom stereocenters. The van der Waals surface area contributed by atoms with Gasteiger partial charge < -0.3 is 0 Å². The van der Waals surface area contributed by atoms with Crippen molar-refractivity contribution in [3.05, 3.63) is 52.0 Å². The van der Waals surface area contributed by atoms with Gasteiger partial charge in [0.25, 0.3) is 5.95 Å². The Kier molecular flexibility index (Phi) is 3.56. The van der Waals surface area contributed by atoms with E-state index in [0.29, 0.717) is 27.4 Å². The van der Waals surface area contributed by atoms with Gasteiger partial charge in [0.15, 0.2) is 5.82 Å². The van der Waals surface area contributed by atoms with E-state index >= 15 is 0 Å². The molecule has 0 radical (unpaired) electrons. The van der Waals surface area contributed by atoms with Crippen LogP contribution in [0.1, 0.15) is 0 Å². The van der Waals surface area contributed by atoms with Gasteiger partial charge >= 0.3 is 0 Å². The van der Waals surface area contributed by atoms with Gasteiger partial charge in [-0.3, -0.25) is 0 Å². The molecule has 0 N–H and O–H groups in total. The Morgan fingerprint density at radius 2 is 1.65 bits per heavy atom. The van der Waals surface area contributed by atoms with Crippen molar-refractivity contribution in [2.24, 2.45) is 0 Å². The zero-order valence-electron chi connectivity index (χ0n) is 9.83. The number of nitrogens with zero attached hydrogens (tertiary/aromatic N) is 5. The summed E-state index contributed by atoms with van der Waals surface area (Å²) < 4.78 is 1.49. The molecule has 100 valence electrons. The van der Waals surface area contributed by atoms with Crippen LogP contribution < -0.4 is 0 Å². The summed E-state index contributed by atoms with van der Waals surface area (Å²) >= 11 is 17.9. The largest absolute Gasteiger partial charge is 0.255 e. The minimum absolute atomic E-state index is 0.0663. The Morgan fingerprint density at radius 1 is 0.900 bits per heavy atom. The van der Waals surface area contributed by atoms with Crippen molar-refractivity contribution < 1.29 is 0 Å². The van der Waals surface area contributed by atoms with E-state index in [9.17, 15) is 0 Å². The number of halogens is 3. The van der Waals surface area contributed by atoms with Gasteiger partial charge in [0.2, 0.25) is 5.28 Å². The molecule has 0 aliphatic carbocycles. The quantitative estimate of drug-likeness (QED) is 0.721. The van der Waals surface area contributed by atoms with Crippen LogP contribution >= 0.6 is 34.8 Å². The summed E-state index contributed by atoms with van der Waals surface area (Å²) in [6.07, 6.45) is 3.33. The third-order valence-electron chi connectivity index (χ3n) is 2.43. The second kappa shape index (κ2) is 5.36. The first-order chi connectivity index (χ1) is 9.61. The molecule has 0 saturated carbocycles. The highest BCUT2D eigenvalue weighted by molar-refractivity contribution is 6.35. The number of hydrogen-bond acceptors (Lipinski definition) is 4. The number of rotatable bonds is 2. The van der Waals surface area contributed by atoms with Gasteiger partial charge in [-0.1, -0.05) is 23.2 Å². The van der Waals surface area contributed by atoms with E-state index < -0.39 is 0 Å². The van der Waals surface area contributed by atoms with Crippen LogP contribution in [0.3, 0.4) is 0 Å². The molecule has 2 aromatic heterocycles. The number of aromatic nitrogens is 5. The molecule has 0 aliphatic rings. The average Bonchev–Trinajstić information content (AvgIpc) is 2.90.